The van der Waals surface area contributed by atoms with Crippen LogP contribution in [0.25, 0.3) is 0 Å². The summed E-state index contributed by atoms with van der Waals surface area (Å²) in [6.07, 6.45) is 3.57. The van der Waals surface area contributed by atoms with Crippen molar-refractivity contribution in [1.82, 2.24) is 4.57 Å². The number of aromatic nitrogens is 1. The summed E-state index contributed by atoms with van der Waals surface area (Å²) in [5.74, 6) is 1.99. The Morgan fingerprint density at radius 1 is 0.862 bits per heavy atom. The third-order valence-electron chi connectivity index (χ3n) is 4.75. The van der Waals surface area contributed by atoms with Crippen molar-refractivity contribution >= 4 is 0 Å². The molecule has 0 N–H and O–H groups in total. The second-order valence-electron chi connectivity index (χ2n) is 6.75. The van der Waals surface area contributed by atoms with Crippen LogP contribution in [0.2, 0.25) is 0 Å². The van der Waals surface area contributed by atoms with Crippen LogP contribution >= 0.6 is 0 Å². The molecular formula is C24H27NO4. The lowest BCUT2D eigenvalue weighted by Gasteiger charge is -2.15. The Kier molecular flexibility index (Phi) is 7.34. The number of nitrogens with zero attached hydrogens (tertiary/aromatic N) is 1. The number of hydrogen-bond donors (Lipinski definition) is 0. The first-order chi connectivity index (χ1) is 14.2. The van der Waals surface area contributed by atoms with E-state index < -0.39 is 0 Å². The van der Waals surface area contributed by atoms with E-state index in [-0.39, 0.29) is 5.43 Å². The Morgan fingerprint density at radius 3 is 2.31 bits per heavy atom. The Bertz CT molecular complexity index is 949. The molecule has 2 aromatic carbocycles. The topological polar surface area (TPSA) is 49.7 Å². The zero-order valence-electron chi connectivity index (χ0n) is 17.0. The van der Waals surface area contributed by atoms with Gasteiger partial charge in [0.05, 0.1) is 26.0 Å². The molecule has 5 nitrogen and oxygen atoms in total. The fourth-order valence-corrected chi connectivity index (χ4v) is 3.10. The number of aryl methyl sites for hydroxylation is 1. The summed E-state index contributed by atoms with van der Waals surface area (Å²) in [4.78, 5) is 12.2. The van der Waals surface area contributed by atoms with Crippen molar-refractivity contribution in [2.75, 3.05) is 20.3 Å². The van der Waals surface area contributed by atoms with E-state index in [0.717, 1.165) is 30.0 Å². The molecule has 0 unspecified atom stereocenters. The fourth-order valence-electron chi connectivity index (χ4n) is 3.10. The first kappa shape index (κ1) is 20.5. The van der Waals surface area contributed by atoms with E-state index in [9.17, 15) is 4.79 Å². The van der Waals surface area contributed by atoms with Crippen molar-refractivity contribution in [1.29, 1.82) is 0 Å². The molecule has 0 spiro atoms. The van der Waals surface area contributed by atoms with Gasteiger partial charge in [-0.1, -0.05) is 30.3 Å². The van der Waals surface area contributed by atoms with Crippen LogP contribution in [0, 0.1) is 6.92 Å². The van der Waals surface area contributed by atoms with Gasteiger partial charge in [-0.05, 0) is 49.6 Å². The van der Waals surface area contributed by atoms with Crippen molar-refractivity contribution < 1.29 is 14.2 Å². The first-order valence-electron chi connectivity index (χ1n) is 9.81. The van der Waals surface area contributed by atoms with Crippen LogP contribution in [-0.2, 0) is 13.0 Å². The average molecular weight is 393 g/mol. The maximum atomic E-state index is 12.2. The largest absolute Gasteiger partial charge is 0.497 e. The predicted molar refractivity (Wildman–Crippen MR) is 114 cm³/mol. The van der Waals surface area contributed by atoms with E-state index in [1.807, 2.05) is 54.0 Å². The second-order valence-corrected chi connectivity index (χ2v) is 6.75. The van der Waals surface area contributed by atoms with Crippen LogP contribution in [0.15, 0.2) is 71.7 Å². The maximum Gasteiger partial charge on any atom is 0.223 e. The lowest BCUT2D eigenvalue weighted by atomic mass is 10.1. The first-order valence-corrected chi connectivity index (χ1v) is 9.81. The Hall–Kier alpha value is -3.21. The van der Waals surface area contributed by atoms with E-state index in [1.165, 1.54) is 5.56 Å². The molecule has 29 heavy (non-hydrogen) atoms. The van der Waals surface area contributed by atoms with Crippen molar-refractivity contribution in [3.8, 4) is 17.2 Å². The molecule has 0 saturated heterocycles. The molecule has 0 aliphatic heterocycles. The average Bonchev–Trinajstić information content (AvgIpc) is 2.76. The maximum absolute atomic E-state index is 12.2. The summed E-state index contributed by atoms with van der Waals surface area (Å²) >= 11 is 0. The fraction of sp³-hybridized carbons (Fsp3) is 0.292. The molecule has 1 aromatic heterocycles. The normalized spacial score (nSPS) is 10.6. The monoisotopic (exact) mass is 393 g/mol. The van der Waals surface area contributed by atoms with Gasteiger partial charge in [-0.25, -0.2) is 0 Å². The summed E-state index contributed by atoms with van der Waals surface area (Å²) in [6, 6.07) is 19.3. The third kappa shape index (κ3) is 5.88. The van der Waals surface area contributed by atoms with Crippen molar-refractivity contribution in [2.24, 2.45) is 0 Å². The Labute approximate surface area is 171 Å². The van der Waals surface area contributed by atoms with Gasteiger partial charge in [0.2, 0.25) is 5.43 Å². The molecule has 0 fully saturated rings. The van der Waals surface area contributed by atoms with Crippen LogP contribution in [0.1, 0.15) is 17.7 Å². The lowest BCUT2D eigenvalue weighted by molar-refractivity contribution is 0.285. The number of rotatable bonds is 10. The molecule has 5 heteroatoms. The Balaban J connectivity index is 1.52. The number of hydrogen-bond acceptors (Lipinski definition) is 4. The highest BCUT2D eigenvalue weighted by Gasteiger charge is 2.09. The summed E-state index contributed by atoms with van der Waals surface area (Å²) in [5.41, 5.74) is 2.00. The molecule has 0 aliphatic rings. The van der Waals surface area contributed by atoms with E-state index in [0.29, 0.717) is 25.5 Å². The molecule has 152 valence electrons. The molecule has 1 heterocycles. The minimum Gasteiger partial charge on any atom is -0.497 e. The number of methoxy groups -OCH3 is 1. The van der Waals surface area contributed by atoms with Gasteiger partial charge in [-0.2, -0.15) is 0 Å². The van der Waals surface area contributed by atoms with E-state index in [2.05, 4.69) is 12.1 Å². The second kappa shape index (κ2) is 10.4. The smallest absolute Gasteiger partial charge is 0.223 e. The molecular weight excluding hydrogens is 366 g/mol. The van der Waals surface area contributed by atoms with E-state index in [1.54, 1.807) is 19.4 Å². The van der Waals surface area contributed by atoms with Crippen LogP contribution in [0.4, 0.5) is 0 Å². The van der Waals surface area contributed by atoms with Crippen LogP contribution in [0.5, 0.6) is 17.2 Å². The summed E-state index contributed by atoms with van der Waals surface area (Å²) in [6.45, 7) is 3.53. The Morgan fingerprint density at radius 2 is 1.59 bits per heavy atom. The molecule has 0 saturated carbocycles. The third-order valence-corrected chi connectivity index (χ3v) is 4.75. The molecule has 3 aromatic rings. The molecule has 0 atom stereocenters. The van der Waals surface area contributed by atoms with Gasteiger partial charge in [0, 0.05) is 12.3 Å². The van der Waals surface area contributed by atoms with Crippen molar-refractivity contribution in [3.05, 3.63) is 88.3 Å². The van der Waals surface area contributed by atoms with Crippen LogP contribution in [0.3, 0.4) is 0 Å². The summed E-state index contributed by atoms with van der Waals surface area (Å²) in [7, 11) is 1.64. The molecule has 3 rings (SSSR count). The molecule has 0 amide bonds. The van der Waals surface area contributed by atoms with Gasteiger partial charge in [0.25, 0.3) is 0 Å². The van der Waals surface area contributed by atoms with Gasteiger partial charge in [-0.15, -0.1) is 0 Å². The van der Waals surface area contributed by atoms with E-state index in [4.69, 9.17) is 14.2 Å². The number of pyridine rings is 1. The standard InChI is InChI=1S/C24H27NO4/c1-19-24(29-17-6-9-20-7-4-3-5-8-20)23(26)14-15-25(19)16-18-28-22-12-10-21(27-2)11-13-22/h3-5,7-8,10-15H,6,9,16-18H2,1-2H3. The zero-order valence-corrected chi connectivity index (χ0v) is 17.0. The van der Waals surface area contributed by atoms with Crippen molar-refractivity contribution in [2.45, 2.75) is 26.3 Å². The quantitative estimate of drug-likeness (QED) is 0.483. The summed E-state index contributed by atoms with van der Waals surface area (Å²) < 4.78 is 18.7. The minimum atomic E-state index is -0.0884. The lowest BCUT2D eigenvalue weighted by Crippen LogP contribution is -2.18. The highest BCUT2D eigenvalue weighted by molar-refractivity contribution is 5.31. The summed E-state index contributed by atoms with van der Waals surface area (Å²) in [5, 5.41) is 0. The van der Waals surface area contributed by atoms with Crippen molar-refractivity contribution in [3.63, 3.8) is 0 Å². The van der Waals surface area contributed by atoms with Gasteiger partial charge in [-0.3, -0.25) is 4.79 Å². The predicted octanol–water partition coefficient (Wildman–Crippen LogP) is 4.26. The highest BCUT2D eigenvalue weighted by atomic mass is 16.5. The SMILES string of the molecule is COc1ccc(OCCn2ccc(=O)c(OCCCc3ccccc3)c2C)cc1. The van der Waals surface area contributed by atoms with E-state index >= 15 is 0 Å². The van der Waals surface area contributed by atoms with Gasteiger partial charge in [0.15, 0.2) is 5.75 Å². The van der Waals surface area contributed by atoms with Gasteiger partial charge < -0.3 is 18.8 Å². The number of ether oxygens (including phenoxy) is 3. The number of benzene rings is 2. The molecule has 0 bridgehead atoms. The molecule has 0 radical (unpaired) electrons. The highest BCUT2D eigenvalue weighted by Crippen LogP contribution is 2.17. The van der Waals surface area contributed by atoms with Crippen LogP contribution < -0.4 is 19.6 Å². The van der Waals surface area contributed by atoms with Gasteiger partial charge >= 0.3 is 0 Å². The minimum absolute atomic E-state index is 0.0884. The molecule has 0 aliphatic carbocycles. The zero-order chi connectivity index (χ0) is 20.5. The van der Waals surface area contributed by atoms with Crippen LogP contribution in [-0.4, -0.2) is 24.9 Å². The van der Waals surface area contributed by atoms with Gasteiger partial charge in [0.1, 0.15) is 18.1 Å².